The molecule has 3 rings (SSSR count). The van der Waals surface area contributed by atoms with Crippen LogP contribution in [0.4, 0.5) is 0 Å². The van der Waals surface area contributed by atoms with Crippen molar-refractivity contribution in [2.24, 2.45) is 0 Å². The first kappa shape index (κ1) is 23.1. The molecule has 31 heavy (non-hydrogen) atoms. The molecule has 4 nitrogen and oxygen atoms in total. The zero-order valence-electron chi connectivity index (χ0n) is 19.2. The third kappa shape index (κ3) is 6.68. The monoisotopic (exact) mass is 420 g/mol. The van der Waals surface area contributed by atoms with Gasteiger partial charge in [0.05, 0.1) is 6.42 Å². The van der Waals surface area contributed by atoms with E-state index in [4.69, 9.17) is 0 Å². The maximum atomic E-state index is 13.4. The summed E-state index contributed by atoms with van der Waals surface area (Å²) in [6, 6.07) is 16.1. The second-order valence-corrected chi connectivity index (χ2v) is 8.95. The van der Waals surface area contributed by atoms with Gasteiger partial charge in [0.2, 0.25) is 11.8 Å². The van der Waals surface area contributed by atoms with Crippen LogP contribution in [0.3, 0.4) is 0 Å². The van der Waals surface area contributed by atoms with Gasteiger partial charge in [0, 0.05) is 12.6 Å². The predicted octanol–water partition coefficient (Wildman–Crippen LogP) is 4.75. The summed E-state index contributed by atoms with van der Waals surface area (Å²) in [6.07, 6.45) is 6.73. The largest absolute Gasteiger partial charge is 0.352 e. The minimum atomic E-state index is -0.483. The Kier molecular flexibility index (Phi) is 8.27. The average Bonchev–Trinajstić information content (AvgIpc) is 2.77. The minimum Gasteiger partial charge on any atom is -0.352 e. The smallest absolute Gasteiger partial charge is 0.242 e. The molecular formula is C27H36N2O2. The fraction of sp³-hybridized carbons (Fsp3) is 0.481. The standard InChI is InChI=1S/C27H36N2O2/c1-20-14-15-21(2)24(18-20)19-26(30)29(17-16-23-10-6-4-7-11-23)22(3)27(31)28-25-12-8-5-9-13-25/h4,6-7,10-11,14-15,18,22,25H,5,8-9,12-13,16-17,19H2,1-3H3,(H,28,31)/t22-/m0/s1. The molecule has 0 radical (unpaired) electrons. The van der Waals surface area contributed by atoms with Crippen molar-refractivity contribution < 1.29 is 9.59 Å². The molecule has 1 aliphatic carbocycles. The molecule has 1 atom stereocenters. The van der Waals surface area contributed by atoms with Crippen molar-refractivity contribution in [2.45, 2.75) is 77.8 Å². The van der Waals surface area contributed by atoms with Crippen molar-refractivity contribution in [3.8, 4) is 0 Å². The molecule has 2 amide bonds. The molecule has 2 aromatic carbocycles. The van der Waals surface area contributed by atoms with Crippen molar-refractivity contribution >= 4 is 11.8 Å². The van der Waals surface area contributed by atoms with E-state index in [1.807, 2.05) is 39.0 Å². The van der Waals surface area contributed by atoms with E-state index in [1.54, 1.807) is 4.90 Å². The summed E-state index contributed by atoms with van der Waals surface area (Å²) >= 11 is 0. The Morgan fingerprint density at radius 3 is 2.45 bits per heavy atom. The van der Waals surface area contributed by atoms with Gasteiger partial charge in [-0.2, -0.15) is 0 Å². The highest BCUT2D eigenvalue weighted by Gasteiger charge is 2.28. The Labute approximate surface area is 187 Å². The van der Waals surface area contributed by atoms with E-state index in [9.17, 15) is 9.59 Å². The van der Waals surface area contributed by atoms with Gasteiger partial charge in [-0.25, -0.2) is 0 Å². The Morgan fingerprint density at radius 1 is 1.03 bits per heavy atom. The molecule has 0 saturated heterocycles. The predicted molar refractivity (Wildman–Crippen MR) is 126 cm³/mol. The molecule has 0 aromatic heterocycles. The van der Waals surface area contributed by atoms with Gasteiger partial charge in [0.25, 0.3) is 0 Å². The lowest BCUT2D eigenvalue weighted by atomic mass is 9.95. The van der Waals surface area contributed by atoms with Crippen LogP contribution >= 0.6 is 0 Å². The van der Waals surface area contributed by atoms with E-state index in [2.05, 4.69) is 35.6 Å². The zero-order valence-corrected chi connectivity index (χ0v) is 19.2. The van der Waals surface area contributed by atoms with Crippen molar-refractivity contribution in [3.05, 3.63) is 70.8 Å². The van der Waals surface area contributed by atoms with Crippen LogP contribution < -0.4 is 5.32 Å². The SMILES string of the molecule is Cc1ccc(C)c(CC(=O)N(CCc2ccccc2)[C@@H](C)C(=O)NC2CCCCC2)c1. The molecule has 1 fully saturated rings. The fourth-order valence-electron chi connectivity index (χ4n) is 4.39. The summed E-state index contributed by atoms with van der Waals surface area (Å²) in [6.45, 7) is 6.48. The number of carbonyl (C=O) groups is 2. The van der Waals surface area contributed by atoms with Crippen LogP contribution in [0, 0.1) is 13.8 Å². The average molecular weight is 421 g/mol. The van der Waals surface area contributed by atoms with Crippen LogP contribution in [-0.4, -0.2) is 35.3 Å². The first-order chi connectivity index (χ1) is 14.9. The number of nitrogens with zero attached hydrogens (tertiary/aromatic N) is 1. The van der Waals surface area contributed by atoms with Crippen LogP contribution in [0.1, 0.15) is 61.3 Å². The maximum absolute atomic E-state index is 13.4. The van der Waals surface area contributed by atoms with Crippen LogP contribution in [0.2, 0.25) is 0 Å². The third-order valence-electron chi connectivity index (χ3n) is 6.45. The molecule has 1 aliphatic rings. The number of aryl methyl sites for hydroxylation is 2. The highest BCUT2D eigenvalue weighted by molar-refractivity contribution is 5.88. The number of rotatable bonds is 8. The number of hydrogen-bond acceptors (Lipinski definition) is 2. The van der Waals surface area contributed by atoms with Gasteiger partial charge >= 0.3 is 0 Å². The summed E-state index contributed by atoms with van der Waals surface area (Å²) < 4.78 is 0. The lowest BCUT2D eigenvalue weighted by Crippen LogP contribution is -2.51. The zero-order chi connectivity index (χ0) is 22.2. The molecule has 0 aliphatic heterocycles. The van der Waals surface area contributed by atoms with Gasteiger partial charge in [0.1, 0.15) is 6.04 Å². The number of benzene rings is 2. The van der Waals surface area contributed by atoms with Gasteiger partial charge in [-0.3, -0.25) is 9.59 Å². The van der Waals surface area contributed by atoms with Crippen LogP contribution in [0.25, 0.3) is 0 Å². The molecule has 1 saturated carbocycles. The van der Waals surface area contributed by atoms with E-state index in [1.165, 1.54) is 24.8 Å². The summed E-state index contributed by atoms with van der Waals surface area (Å²) in [7, 11) is 0. The fourth-order valence-corrected chi connectivity index (χ4v) is 4.39. The molecule has 0 heterocycles. The summed E-state index contributed by atoms with van der Waals surface area (Å²) in [5, 5.41) is 3.20. The quantitative estimate of drug-likeness (QED) is 0.670. The maximum Gasteiger partial charge on any atom is 0.242 e. The van der Waals surface area contributed by atoms with Gasteiger partial charge in [0.15, 0.2) is 0 Å². The van der Waals surface area contributed by atoms with Gasteiger partial charge in [-0.1, -0.05) is 73.4 Å². The highest BCUT2D eigenvalue weighted by atomic mass is 16.2. The second kappa shape index (κ2) is 11.1. The number of carbonyl (C=O) groups excluding carboxylic acids is 2. The Bertz CT molecular complexity index is 872. The number of amides is 2. The third-order valence-corrected chi connectivity index (χ3v) is 6.45. The van der Waals surface area contributed by atoms with E-state index in [0.29, 0.717) is 13.0 Å². The molecule has 2 aromatic rings. The first-order valence-electron chi connectivity index (χ1n) is 11.6. The summed E-state index contributed by atoms with van der Waals surface area (Å²) in [5.74, 6) is -0.0230. The van der Waals surface area contributed by atoms with Crippen LogP contribution in [-0.2, 0) is 22.4 Å². The first-order valence-corrected chi connectivity index (χ1v) is 11.6. The Morgan fingerprint density at radius 2 is 1.74 bits per heavy atom. The van der Waals surface area contributed by atoms with Gasteiger partial charge in [-0.05, 0) is 56.7 Å². The minimum absolute atomic E-state index is 0.0101. The molecule has 0 unspecified atom stereocenters. The lowest BCUT2D eigenvalue weighted by molar-refractivity contribution is -0.139. The van der Waals surface area contributed by atoms with E-state index < -0.39 is 6.04 Å². The van der Waals surface area contributed by atoms with Crippen molar-refractivity contribution in [2.75, 3.05) is 6.54 Å². The summed E-state index contributed by atoms with van der Waals surface area (Å²) in [5.41, 5.74) is 4.47. The van der Waals surface area contributed by atoms with Gasteiger partial charge < -0.3 is 10.2 Å². The van der Waals surface area contributed by atoms with E-state index in [0.717, 1.165) is 36.0 Å². The van der Waals surface area contributed by atoms with Crippen molar-refractivity contribution in [3.63, 3.8) is 0 Å². The molecular weight excluding hydrogens is 384 g/mol. The molecule has 4 heteroatoms. The highest BCUT2D eigenvalue weighted by Crippen LogP contribution is 2.18. The molecule has 1 N–H and O–H groups in total. The van der Waals surface area contributed by atoms with E-state index >= 15 is 0 Å². The molecule has 0 spiro atoms. The second-order valence-electron chi connectivity index (χ2n) is 8.95. The topological polar surface area (TPSA) is 49.4 Å². The van der Waals surface area contributed by atoms with Crippen molar-refractivity contribution in [1.29, 1.82) is 0 Å². The van der Waals surface area contributed by atoms with Crippen LogP contribution in [0.5, 0.6) is 0 Å². The number of hydrogen-bond donors (Lipinski definition) is 1. The van der Waals surface area contributed by atoms with Gasteiger partial charge in [-0.15, -0.1) is 0 Å². The van der Waals surface area contributed by atoms with Crippen molar-refractivity contribution in [1.82, 2.24) is 10.2 Å². The van der Waals surface area contributed by atoms with E-state index in [-0.39, 0.29) is 17.9 Å². The molecule has 0 bridgehead atoms. The Balaban J connectivity index is 1.73. The lowest BCUT2D eigenvalue weighted by Gasteiger charge is -2.31. The van der Waals surface area contributed by atoms with Crippen LogP contribution in [0.15, 0.2) is 48.5 Å². The number of nitrogens with one attached hydrogen (secondary N) is 1. The Hall–Kier alpha value is -2.62. The molecule has 166 valence electrons. The normalized spacial score (nSPS) is 15.3. The summed E-state index contributed by atoms with van der Waals surface area (Å²) in [4.78, 5) is 28.2.